The average Bonchev–Trinajstić information content (AvgIpc) is 1.67. The second kappa shape index (κ2) is 3.35. The molecule has 0 radical (unpaired) electrons. The molecule has 0 spiro atoms. The van der Waals surface area contributed by atoms with Gasteiger partial charge >= 0.3 is 0 Å². The van der Waals surface area contributed by atoms with Crippen LogP contribution in [0, 0.1) is 0 Å². The minimum Gasteiger partial charge on any atom is -0.115 e. The summed E-state index contributed by atoms with van der Waals surface area (Å²) in [5.74, 6) is 0. The van der Waals surface area contributed by atoms with Gasteiger partial charge in [-0.05, 0) is 19.0 Å². The van der Waals surface area contributed by atoms with E-state index in [4.69, 9.17) is 0 Å². The van der Waals surface area contributed by atoms with Gasteiger partial charge in [0.25, 0.3) is 0 Å². The summed E-state index contributed by atoms with van der Waals surface area (Å²) in [6.07, 6.45) is 8.17. The minimum atomic E-state index is -0.673. The first kappa shape index (κ1) is 8.30. The van der Waals surface area contributed by atoms with Crippen molar-refractivity contribution in [3.8, 4) is 0 Å². The van der Waals surface area contributed by atoms with Crippen LogP contribution >= 0.6 is 6.89 Å². The molecule has 0 aromatic rings. The van der Waals surface area contributed by atoms with Crippen LogP contribution < -0.4 is 0 Å². The van der Waals surface area contributed by atoms with Gasteiger partial charge in [0.05, 0.1) is 0 Å². The van der Waals surface area contributed by atoms with Crippen molar-refractivity contribution in [2.75, 3.05) is 19.0 Å². The number of hydrogen-bond donors (Lipinski definition) is 0. The number of rotatable bonds is 3. The lowest BCUT2D eigenvalue weighted by atomic mass is 10.6. The minimum absolute atomic E-state index is 0.673. The zero-order valence-electron chi connectivity index (χ0n) is 6.28. The van der Waals surface area contributed by atoms with Crippen LogP contribution in [-0.2, 0) is 0 Å². The molecule has 0 fully saturated rings. The van der Waals surface area contributed by atoms with Gasteiger partial charge in [-0.15, -0.1) is 13.2 Å². The molecular formula is C7H17P. The van der Waals surface area contributed by atoms with E-state index in [-0.39, 0.29) is 0 Å². The highest BCUT2D eigenvalue weighted by molar-refractivity contribution is 7.72. The van der Waals surface area contributed by atoms with Crippen LogP contribution in [0.3, 0.4) is 0 Å². The molecule has 50 valence electrons. The van der Waals surface area contributed by atoms with E-state index in [0.29, 0.717) is 0 Å². The van der Waals surface area contributed by atoms with Crippen molar-refractivity contribution in [2.24, 2.45) is 0 Å². The van der Waals surface area contributed by atoms with Gasteiger partial charge in [-0.25, -0.2) is 0 Å². The molecule has 0 N–H and O–H groups in total. The smallest absolute Gasteiger partial charge is 0.0337 e. The predicted molar refractivity (Wildman–Crippen MR) is 45.7 cm³/mol. The molecule has 0 rings (SSSR count). The van der Waals surface area contributed by atoms with Crippen molar-refractivity contribution in [1.82, 2.24) is 0 Å². The molecule has 0 aliphatic rings. The topological polar surface area (TPSA) is 0 Å². The second-order valence-corrected chi connectivity index (χ2v) is 6.98. The third kappa shape index (κ3) is 3.32. The Labute approximate surface area is 53.3 Å². The summed E-state index contributed by atoms with van der Waals surface area (Å²) in [6.45, 7) is 6.14. The highest BCUT2D eigenvalue weighted by Gasteiger charge is 1.99. The summed E-state index contributed by atoms with van der Waals surface area (Å²) in [7, 11) is 0. The van der Waals surface area contributed by atoms with Crippen molar-refractivity contribution < 1.29 is 0 Å². The Balaban J connectivity index is 3.55. The van der Waals surface area contributed by atoms with Crippen LogP contribution in [-0.4, -0.2) is 25.3 Å². The summed E-state index contributed by atoms with van der Waals surface area (Å²) in [6, 6.07) is 0. The Bertz CT molecular complexity index is 94.6. The van der Waals surface area contributed by atoms with Crippen molar-refractivity contribution >= 4 is 13.2 Å². The lowest BCUT2D eigenvalue weighted by Crippen LogP contribution is -1.88. The van der Waals surface area contributed by atoms with E-state index in [2.05, 4.69) is 26.8 Å². The molecule has 0 heterocycles. The zero-order chi connectivity index (χ0) is 6.62. The maximum atomic E-state index is 4.19. The first-order chi connectivity index (χ1) is 3.62. The monoisotopic (exact) mass is 132 g/mol. The Hall–Kier alpha value is 0.300. The third-order valence-electron chi connectivity index (χ3n) is 1.53. The summed E-state index contributed by atoms with van der Waals surface area (Å²) in [5, 5.41) is 0. The Kier molecular flexibility index (Phi) is 3.48. The normalized spacial score (nSPS) is 17.9. The molecule has 0 nitrogen and oxygen atoms in total. The van der Waals surface area contributed by atoms with E-state index >= 15 is 0 Å². The lowest BCUT2D eigenvalue weighted by molar-refractivity contribution is 1.09. The fourth-order valence-corrected chi connectivity index (χ4v) is 2.09. The first-order valence-corrected chi connectivity index (χ1v) is 6.10. The molecule has 1 heteroatoms. The van der Waals surface area contributed by atoms with Gasteiger partial charge in [-0.2, -0.15) is 0 Å². The van der Waals surface area contributed by atoms with E-state index in [0.717, 1.165) is 0 Å². The molecule has 0 amide bonds. The predicted octanol–water partition coefficient (Wildman–Crippen LogP) is 2.50. The van der Waals surface area contributed by atoms with Gasteiger partial charge in [-0.3, -0.25) is 0 Å². The van der Waals surface area contributed by atoms with E-state index in [1.165, 1.54) is 18.7 Å². The van der Waals surface area contributed by atoms with Crippen molar-refractivity contribution in [3.05, 3.63) is 0 Å². The van der Waals surface area contributed by atoms with Crippen LogP contribution in [0.5, 0.6) is 0 Å². The third-order valence-corrected chi connectivity index (χ3v) is 4.58. The summed E-state index contributed by atoms with van der Waals surface area (Å²) < 4.78 is 0. The van der Waals surface area contributed by atoms with Crippen LogP contribution in [0.1, 0.15) is 20.3 Å². The first-order valence-electron chi connectivity index (χ1n) is 3.31. The quantitative estimate of drug-likeness (QED) is 0.517. The fourth-order valence-electron chi connectivity index (χ4n) is 0.698. The molecule has 0 aliphatic heterocycles. The number of hydrogen-bond acceptors (Lipinski definition) is 0. The maximum Gasteiger partial charge on any atom is -0.0337 e. The molecule has 0 aliphatic carbocycles. The summed E-state index contributed by atoms with van der Waals surface area (Å²) in [5.41, 5.74) is 0. The molecular weight excluding hydrogens is 115 g/mol. The highest BCUT2D eigenvalue weighted by atomic mass is 31.2. The fraction of sp³-hybridized carbons (Fsp3) is 0.857. The molecule has 0 aromatic heterocycles. The van der Waals surface area contributed by atoms with E-state index < -0.39 is 6.89 Å². The molecule has 8 heavy (non-hydrogen) atoms. The van der Waals surface area contributed by atoms with Crippen LogP contribution in [0.15, 0.2) is 0 Å². The van der Waals surface area contributed by atoms with Crippen molar-refractivity contribution in [2.45, 2.75) is 20.3 Å². The van der Waals surface area contributed by atoms with Crippen molar-refractivity contribution in [1.29, 1.82) is 0 Å². The molecule has 1 unspecified atom stereocenters. The van der Waals surface area contributed by atoms with E-state index in [1.807, 2.05) is 0 Å². The lowest BCUT2D eigenvalue weighted by Gasteiger charge is -2.13. The maximum absolute atomic E-state index is 4.19. The molecule has 0 bridgehead atoms. The van der Waals surface area contributed by atoms with Gasteiger partial charge in [0.1, 0.15) is 0 Å². The van der Waals surface area contributed by atoms with Crippen molar-refractivity contribution in [3.63, 3.8) is 0 Å². The molecule has 0 saturated heterocycles. The molecule has 1 atom stereocenters. The summed E-state index contributed by atoms with van der Waals surface area (Å²) >= 11 is 0. The van der Waals surface area contributed by atoms with Gasteiger partial charge in [-0.1, -0.05) is 20.3 Å². The van der Waals surface area contributed by atoms with Crippen LogP contribution in [0.2, 0.25) is 0 Å². The van der Waals surface area contributed by atoms with E-state index in [1.54, 1.807) is 0 Å². The standard InChI is InChI=1S/C7H17P/c1-5-7-8(3,4)6-2/h3,5-7H2,1-2,4H3. The van der Waals surface area contributed by atoms with Gasteiger partial charge < -0.3 is 0 Å². The zero-order valence-corrected chi connectivity index (χ0v) is 7.17. The Morgan fingerprint density at radius 2 is 1.88 bits per heavy atom. The van der Waals surface area contributed by atoms with Gasteiger partial charge in [0.15, 0.2) is 0 Å². The Morgan fingerprint density at radius 3 is 2.00 bits per heavy atom. The average molecular weight is 132 g/mol. The highest BCUT2D eigenvalue weighted by Crippen LogP contribution is 2.39. The Morgan fingerprint density at radius 1 is 1.38 bits per heavy atom. The van der Waals surface area contributed by atoms with E-state index in [9.17, 15) is 0 Å². The van der Waals surface area contributed by atoms with Gasteiger partial charge in [0.2, 0.25) is 0 Å². The molecule has 0 saturated carbocycles. The second-order valence-electron chi connectivity index (χ2n) is 2.66. The van der Waals surface area contributed by atoms with Crippen LogP contribution in [0.25, 0.3) is 0 Å². The van der Waals surface area contributed by atoms with Crippen LogP contribution in [0.4, 0.5) is 0 Å². The summed E-state index contributed by atoms with van der Waals surface area (Å²) in [4.78, 5) is 0. The largest absolute Gasteiger partial charge is 0.115 e. The molecule has 0 aromatic carbocycles. The SMILES string of the molecule is C=P(C)(CC)CCC. The van der Waals surface area contributed by atoms with Gasteiger partial charge in [0, 0.05) is 0 Å².